The Morgan fingerprint density at radius 2 is 1.77 bits per heavy atom. The summed E-state index contributed by atoms with van der Waals surface area (Å²) in [6.07, 6.45) is 0. The second-order valence-corrected chi connectivity index (χ2v) is 6.92. The van der Waals surface area contributed by atoms with E-state index in [1.165, 1.54) is 6.07 Å². The van der Waals surface area contributed by atoms with Crippen LogP contribution in [0, 0.1) is 5.92 Å². The topological polar surface area (TPSA) is 104 Å². The maximum Gasteiger partial charge on any atom is 0.334 e. The van der Waals surface area contributed by atoms with E-state index in [1.807, 2.05) is 13.8 Å². The average molecular weight is 357 g/mol. The first-order chi connectivity index (χ1) is 12.2. The van der Waals surface area contributed by atoms with Crippen LogP contribution in [0.25, 0.3) is 0 Å². The maximum atomic E-state index is 12.5. The number of nitrogens with one attached hydrogen (secondary N) is 1. The van der Waals surface area contributed by atoms with Crippen LogP contribution in [-0.4, -0.2) is 52.4 Å². The molecule has 2 heterocycles. The minimum absolute atomic E-state index is 0.00888. The van der Waals surface area contributed by atoms with Crippen LogP contribution in [0.5, 0.6) is 0 Å². The van der Waals surface area contributed by atoms with Gasteiger partial charge in [-0.15, -0.1) is 0 Å². The Balaban J connectivity index is 1.79. The Bertz CT molecular complexity index is 845. The molecule has 136 valence electrons. The highest BCUT2D eigenvalue weighted by molar-refractivity contribution is 6.45. The molecule has 8 heteroatoms. The fraction of sp³-hybridized carbons (Fsp3) is 0.389. The van der Waals surface area contributed by atoms with E-state index in [2.05, 4.69) is 5.32 Å². The molecule has 1 N–H and O–H groups in total. The number of rotatable bonds is 5. The Hall–Kier alpha value is -3.03. The molecule has 0 bridgehead atoms. The predicted molar refractivity (Wildman–Crippen MR) is 91.5 cm³/mol. The van der Waals surface area contributed by atoms with Gasteiger partial charge >= 0.3 is 17.8 Å². The van der Waals surface area contributed by atoms with Crippen LogP contribution < -0.4 is 5.32 Å². The Morgan fingerprint density at radius 1 is 1.12 bits per heavy atom. The van der Waals surface area contributed by atoms with Gasteiger partial charge in [-0.25, -0.2) is 9.69 Å². The summed E-state index contributed by atoms with van der Waals surface area (Å²) in [5.74, 6) is -2.89. The highest BCUT2D eigenvalue weighted by Gasteiger charge is 2.45. The third-order valence-corrected chi connectivity index (χ3v) is 4.48. The van der Waals surface area contributed by atoms with Gasteiger partial charge < -0.3 is 5.32 Å². The van der Waals surface area contributed by atoms with Crippen molar-refractivity contribution in [3.05, 3.63) is 29.3 Å². The molecule has 1 fully saturated rings. The first-order valence-electron chi connectivity index (χ1n) is 8.36. The van der Waals surface area contributed by atoms with Crippen molar-refractivity contribution in [3.8, 4) is 0 Å². The number of fused-ring (bicyclic) bond motifs is 1. The molecule has 0 saturated carbocycles. The minimum Gasteiger partial charge on any atom is -0.325 e. The van der Waals surface area contributed by atoms with Crippen molar-refractivity contribution >= 4 is 35.2 Å². The molecule has 5 amide bonds. The smallest absolute Gasteiger partial charge is 0.325 e. The number of carbonyl (C=O) groups is 5. The Morgan fingerprint density at radius 3 is 2.42 bits per heavy atom. The molecule has 1 aromatic rings. The third-order valence-electron chi connectivity index (χ3n) is 4.48. The van der Waals surface area contributed by atoms with Gasteiger partial charge in [-0.05, 0) is 36.6 Å². The highest BCUT2D eigenvalue weighted by atomic mass is 16.2. The quantitative estimate of drug-likeness (QED) is 0.487. The van der Waals surface area contributed by atoms with Crippen molar-refractivity contribution in [2.24, 2.45) is 5.92 Å². The number of urea groups is 1. The first-order valence-corrected chi connectivity index (χ1v) is 8.36. The first kappa shape index (κ1) is 17.8. The summed E-state index contributed by atoms with van der Waals surface area (Å²) in [5, 5.41) is 2.71. The van der Waals surface area contributed by atoms with Crippen molar-refractivity contribution in [2.45, 2.75) is 26.7 Å². The van der Waals surface area contributed by atoms with Gasteiger partial charge in [-0.3, -0.25) is 24.1 Å². The molecule has 0 spiro atoms. The van der Waals surface area contributed by atoms with E-state index in [0.29, 0.717) is 16.2 Å². The van der Waals surface area contributed by atoms with Gasteiger partial charge in [0.1, 0.15) is 0 Å². The zero-order chi connectivity index (χ0) is 19.2. The highest BCUT2D eigenvalue weighted by Crippen LogP contribution is 2.32. The van der Waals surface area contributed by atoms with Crippen LogP contribution in [0.2, 0.25) is 0 Å². The molecule has 0 aromatic heterocycles. The molecule has 1 aromatic carbocycles. The van der Waals surface area contributed by atoms with E-state index < -0.39 is 30.2 Å². The zero-order valence-corrected chi connectivity index (χ0v) is 14.7. The zero-order valence-electron chi connectivity index (χ0n) is 14.7. The largest absolute Gasteiger partial charge is 0.334 e. The van der Waals surface area contributed by atoms with Gasteiger partial charge in [0.2, 0.25) is 5.91 Å². The molecule has 26 heavy (non-hydrogen) atoms. The maximum absolute atomic E-state index is 12.5. The molecule has 0 unspecified atom stereocenters. The van der Waals surface area contributed by atoms with Gasteiger partial charge in [0.15, 0.2) is 5.78 Å². The molecule has 0 aliphatic carbocycles. The molecule has 1 atom stereocenters. The summed E-state index contributed by atoms with van der Waals surface area (Å²) in [5.41, 5.74) is 1.62. The SMILES string of the molecule is CC(C)CN1C(=O)C(=O)N(CC(=O)c2ccc3c(c2)[C@H](C)C(=O)N3)C1=O. The van der Waals surface area contributed by atoms with Crippen LogP contribution in [0.3, 0.4) is 0 Å². The normalized spacial score (nSPS) is 19.5. The summed E-state index contributed by atoms with van der Waals surface area (Å²) < 4.78 is 0. The molecular formula is C18H19N3O5. The van der Waals surface area contributed by atoms with E-state index >= 15 is 0 Å². The lowest BCUT2D eigenvalue weighted by molar-refractivity contribution is -0.143. The van der Waals surface area contributed by atoms with Crippen LogP contribution in [0.4, 0.5) is 10.5 Å². The number of ketones is 1. The summed E-state index contributed by atoms with van der Waals surface area (Å²) >= 11 is 0. The average Bonchev–Trinajstić information content (AvgIpc) is 2.98. The van der Waals surface area contributed by atoms with E-state index in [-0.39, 0.29) is 29.9 Å². The summed E-state index contributed by atoms with van der Waals surface area (Å²) in [6.45, 7) is 4.98. The predicted octanol–water partition coefficient (Wildman–Crippen LogP) is 1.37. The van der Waals surface area contributed by atoms with Gasteiger partial charge in [-0.2, -0.15) is 0 Å². The molecular weight excluding hydrogens is 338 g/mol. The van der Waals surface area contributed by atoms with Crippen molar-refractivity contribution in [3.63, 3.8) is 0 Å². The van der Waals surface area contributed by atoms with E-state index in [9.17, 15) is 24.0 Å². The second kappa shape index (κ2) is 6.36. The van der Waals surface area contributed by atoms with Gasteiger partial charge in [-0.1, -0.05) is 13.8 Å². The second-order valence-electron chi connectivity index (χ2n) is 6.92. The van der Waals surface area contributed by atoms with Crippen molar-refractivity contribution in [1.82, 2.24) is 9.80 Å². The summed E-state index contributed by atoms with van der Waals surface area (Å²) in [7, 11) is 0. The lowest BCUT2D eigenvalue weighted by Crippen LogP contribution is -2.38. The molecule has 2 aliphatic heterocycles. The number of carbonyl (C=O) groups excluding carboxylic acids is 5. The van der Waals surface area contributed by atoms with Crippen LogP contribution in [0.1, 0.15) is 42.6 Å². The Kier molecular flexibility index (Phi) is 4.35. The minimum atomic E-state index is -0.990. The summed E-state index contributed by atoms with van der Waals surface area (Å²) in [4.78, 5) is 62.1. The number of Topliss-reactive ketones (excluding diaryl/α,β-unsaturated/α-hetero) is 1. The number of hydrogen-bond acceptors (Lipinski definition) is 5. The van der Waals surface area contributed by atoms with E-state index in [0.717, 1.165) is 4.90 Å². The number of anilines is 1. The van der Waals surface area contributed by atoms with Crippen LogP contribution in [-0.2, 0) is 14.4 Å². The van der Waals surface area contributed by atoms with E-state index in [1.54, 1.807) is 19.1 Å². The lowest BCUT2D eigenvalue weighted by atomic mass is 9.99. The molecule has 3 rings (SSSR count). The van der Waals surface area contributed by atoms with Gasteiger partial charge in [0.05, 0.1) is 12.5 Å². The Labute approximate surface area is 150 Å². The molecule has 8 nitrogen and oxygen atoms in total. The number of amides is 5. The number of nitrogens with zero attached hydrogens (tertiary/aromatic N) is 2. The van der Waals surface area contributed by atoms with Crippen LogP contribution >= 0.6 is 0 Å². The van der Waals surface area contributed by atoms with Crippen LogP contribution in [0.15, 0.2) is 18.2 Å². The monoisotopic (exact) mass is 357 g/mol. The fourth-order valence-corrected chi connectivity index (χ4v) is 3.04. The number of imide groups is 2. The van der Waals surface area contributed by atoms with E-state index in [4.69, 9.17) is 0 Å². The van der Waals surface area contributed by atoms with Gasteiger partial charge in [0.25, 0.3) is 0 Å². The summed E-state index contributed by atoms with van der Waals surface area (Å²) in [6, 6.07) is 3.96. The molecule has 0 radical (unpaired) electrons. The lowest BCUT2D eigenvalue weighted by Gasteiger charge is -2.16. The fourth-order valence-electron chi connectivity index (χ4n) is 3.04. The van der Waals surface area contributed by atoms with Crippen molar-refractivity contribution < 1.29 is 24.0 Å². The third kappa shape index (κ3) is 2.87. The number of benzene rings is 1. The van der Waals surface area contributed by atoms with Crippen molar-refractivity contribution in [2.75, 3.05) is 18.4 Å². The standard InChI is InChI=1S/C18H19N3O5/c1-9(2)7-20-16(24)17(25)21(18(20)26)8-14(22)11-4-5-13-12(6-11)10(3)15(23)19-13/h4-6,9-10H,7-8H2,1-3H3,(H,19,23)/t10-/m0/s1. The molecule has 1 saturated heterocycles. The van der Waals surface area contributed by atoms with Gasteiger partial charge in [0, 0.05) is 17.8 Å². The van der Waals surface area contributed by atoms with Crippen molar-refractivity contribution in [1.29, 1.82) is 0 Å². The molecule has 2 aliphatic rings. The number of hydrogen-bond donors (Lipinski definition) is 1.